The van der Waals surface area contributed by atoms with Crippen LogP contribution in [0.1, 0.15) is 5.69 Å². The van der Waals surface area contributed by atoms with Crippen molar-refractivity contribution < 1.29 is 14.6 Å². The second-order valence-corrected chi connectivity index (χ2v) is 3.92. The number of benzene rings is 1. The largest absolute Gasteiger partial charge is 0.496 e. The minimum atomic E-state index is -0.871. The van der Waals surface area contributed by atoms with E-state index in [0.29, 0.717) is 11.4 Å². The molecule has 1 heterocycles. The molecule has 0 amide bonds. The first-order valence-corrected chi connectivity index (χ1v) is 5.50. The molecule has 94 valence electrons. The Hall–Kier alpha value is -2.30. The summed E-state index contributed by atoms with van der Waals surface area (Å²) < 4.78 is 6.84. The normalized spacial score (nSPS) is 10.3. The Morgan fingerprint density at radius 3 is 2.83 bits per heavy atom. The van der Waals surface area contributed by atoms with Crippen molar-refractivity contribution in [3.63, 3.8) is 0 Å². The van der Waals surface area contributed by atoms with E-state index in [1.165, 1.54) is 0 Å². The fraction of sp³-hybridized carbons (Fsp3) is 0.231. The minimum absolute atomic E-state index is 0.0430. The van der Waals surface area contributed by atoms with E-state index in [1.807, 2.05) is 24.3 Å². The van der Waals surface area contributed by atoms with Crippen LogP contribution in [0.4, 0.5) is 0 Å². The van der Waals surface area contributed by atoms with Gasteiger partial charge in [0.05, 0.1) is 19.2 Å². The number of methoxy groups -OCH3 is 1. The van der Waals surface area contributed by atoms with Gasteiger partial charge in [-0.2, -0.15) is 5.10 Å². The van der Waals surface area contributed by atoms with E-state index in [9.17, 15) is 4.79 Å². The highest BCUT2D eigenvalue weighted by atomic mass is 16.5. The van der Waals surface area contributed by atoms with E-state index in [-0.39, 0.29) is 6.42 Å². The molecule has 0 aliphatic heterocycles. The van der Waals surface area contributed by atoms with Crippen molar-refractivity contribution in [1.29, 1.82) is 0 Å². The Bertz CT molecular complexity index is 575. The summed E-state index contributed by atoms with van der Waals surface area (Å²) in [6, 6.07) is 9.28. The van der Waals surface area contributed by atoms with Crippen LogP contribution in [0.15, 0.2) is 30.3 Å². The number of aromatic nitrogens is 2. The molecule has 0 saturated heterocycles. The fourth-order valence-corrected chi connectivity index (χ4v) is 1.81. The maximum absolute atomic E-state index is 10.7. The second kappa shape index (κ2) is 4.91. The highest BCUT2D eigenvalue weighted by Crippen LogP contribution is 2.28. The molecule has 5 nitrogen and oxygen atoms in total. The van der Waals surface area contributed by atoms with Crippen molar-refractivity contribution in [3.8, 4) is 17.0 Å². The van der Waals surface area contributed by atoms with Gasteiger partial charge in [0.2, 0.25) is 0 Å². The van der Waals surface area contributed by atoms with Gasteiger partial charge < -0.3 is 9.84 Å². The van der Waals surface area contributed by atoms with Gasteiger partial charge in [0, 0.05) is 18.3 Å². The summed E-state index contributed by atoms with van der Waals surface area (Å²) >= 11 is 0. The standard InChI is InChI=1S/C13H14N2O3/c1-15-9(8-13(16)17)7-11(14-15)10-5-3-4-6-12(10)18-2/h3-7H,8H2,1-2H3,(H,16,17). The predicted molar refractivity (Wildman–Crippen MR) is 66.5 cm³/mol. The van der Waals surface area contributed by atoms with Crippen molar-refractivity contribution in [1.82, 2.24) is 9.78 Å². The van der Waals surface area contributed by atoms with Gasteiger partial charge in [-0.3, -0.25) is 9.48 Å². The highest BCUT2D eigenvalue weighted by molar-refractivity contribution is 5.72. The average Bonchev–Trinajstić information content (AvgIpc) is 2.70. The number of ether oxygens (including phenoxy) is 1. The molecule has 1 aromatic carbocycles. The first kappa shape index (κ1) is 12.2. The lowest BCUT2D eigenvalue weighted by Crippen LogP contribution is -2.05. The van der Waals surface area contributed by atoms with Crippen LogP contribution in [0.25, 0.3) is 11.3 Å². The lowest BCUT2D eigenvalue weighted by Gasteiger charge is -2.04. The molecular formula is C13H14N2O3. The fourth-order valence-electron chi connectivity index (χ4n) is 1.81. The van der Waals surface area contributed by atoms with E-state index in [0.717, 1.165) is 11.3 Å². The predicted octanol–water partition coefficient (Wildman–Crippen LogP) is 1.72. The van der Waals surface area contributed by atoms with E-state index in [1.54, 1.807) is 24.9 Å². The Morgan fingerprint density at radius 1 is 1.44 bits per heavy atom. The van der Waals surface area contributed by atoms with Crippen molar-refractivity contribution in [3.05, 3.63) is 36.0 Å². The molecule has 0 spiro atoms. The molecule has 0 unspecified atom stereocenters. The Balaban J connectivity index is 2.42. The first-order valence-electron chi connectivity index (χ1n) is 5.50. The van der Waals surface area contributed by atoms with Crippen LogP contribution in [0.2, 0.25) is 0 Å². The quantitative estimate of drug-likeness (QED) is 0.892. The first-order chi connectivity index (χ1) is 8.61. The zero-order chi connectivity index (χ0) is 13.1. The Kier molecular flexibility index (Phi) is 3.32. The van der Waals surface area contributed by atoms with Crippen LogP contribution in [0, 0.1) is 0 Å². The molecule has 5 heteroatoms. The maximum Gasteiger partial charge on any atom is 0.309 e. The van der Waals surface area contributed by atoms with Crippen LogP contribution >= 0.6 is 0 Å². The lowest BCUT2D eigenvalue weighted by atomic mass is 10.1. The SMILES string of the molecule is COc1ccccc1-c1cc(CC(=O)O)n(C)n1. The van der Waals surface area contributed by atoms with Crippen LogP contribution in [-0.2, 0) is 18.3 Å². The van der Waals surface area contributed by atoms with Gasteiger partial charge in [0.15, 0.2) is 0 Å². The average molecular weight is 246 g/mol. The zero-order valence-corrected chi connectivity index (χ0v) is 10.3. The smallest absolute Gasteiger partial charge is 0.309 e. The molecule has 0 saturated carbocycles. The number of carboxylic acids is 1. The molecule has 1 aromatic heterocycles. The maximum atomic E-state index is 10.7. The van der Waals surface area contributed by atoms with E-state index < -0.39 is 5.97 Å². The summed E-state index contributed by atoms with van der Waals surface area (Å²) in [6.07, 6.45) is -0.0430. The third-order valence-electron chi connectivity index (χ3n) is 2.69. The minimum Gasteiger partial charge on any atom is -0.496 e. The van der Waals surface area contributed by atoms with Gasteiger partial charge in [0.1, 0.15) is 5.75 Å². The molecule has 2 aromatic rings. The number of aliphatic carboxylic acids is 1. The number of carboxylic acid groups (broad SMARTS) is 1. The molecular weight excluding hydrogens is 232 g/mol. The number of para-hydroxylation sites is 1. The summed E-state index contributed by atoms with van der Waals surface area (Å²) in [5, 5.41) is 13.1. The van der Waals surface area contributed by atoms with Crippen molar-refractivity contribution in [2.24, 2.45) is 7.05 Å². The number of nitrogens with zero attached hydrogens (tertiary/aromatic N) is 2. The highest BCUT2D eigenvalue weighted by Gasteiger charge is 2.12. The number of hydrogen-bond donors (Lipinski definition) is 1. The van der Waals surface area contributed by atoms with Crippen LogP contribution in [0.5, 0.6) is 5.75 Å². The number of rotatable bonds is 4. The zero-order valence-electron chi connectivity index (χ0n) is 10.3. The molecule has 18 heavy (non-hydrogen) atoms. The third-order valence-corrected chi connectivity index (χ3v) is 2.69. The molecule has 0 atom stereocenters. The summed E-state index contributed by atoms with van der Waals surface area (Å²) in [6.45, 7) is 0. The summed E-state index contributed by atoms with van der Waals surface area (Å²) in [7, 11) is 3.33. The molecule has 1 N–H and O–H groups in total. The van der Waals surface area contributed by atoms with E-state index in [4.69, 9.17) is 9.84 Å². The molecule has 0 bridgehead atoms. The van der Waals surface area contributed by atoms with Gasteiger partial charge in [-0.15, -0.1) is 0 Å². The van der Waals surface area contributed by atoms with Gasteiger partial charge in [-0.25, -0.2) is 0 Å². The molecule has 0 aliphatic rings. The number of aryl methyl sites for hydroxylation is 1. The number of carbonyl (C=O) groups is 1. The molecule has 2 rings (SSSR count). The van der Waals surface area contributed by atoms with Crippen LogP contribution in [-0.4, -0.2) is 28.0 Å². The Labute approximate surface area is 105 Å². The van der Waals surface area contributed by atoms with Crippen molar-refractivity contribution in [2.45, 2.75) is 6.42 Å². The van der Waals surface area contributed by atoms with Crippen LogP contribution < -0.4 is 4.74 Å². The topological polar surface area (TPSA) is 64.3 Å². The van der Waals surface area contributed by atoms with E-state index >= 15 is 0 Å². The third kappa shape index (κ3) is 2.34. The summed E-state index contributed by atoms with van der Waals surface area (Å²) in [5.41, 5.74) is 2.22. The summed E-state index contributed by atoms with van der Waals surface area (Å²) in [4.78, 5) is 10.7. The van der Waals surface area contributed by atoms with Gasteiger partial charge in [0.25, 0.3) is 0 Å². The summed E-state index contributed by atoms with van der Waals surface area (Å²) in [5.74, 6) is -0.151. The van der Waals surface area contributed by atoms with Gasteiger partial charge in [-0.05, 0) is 18.2 Å². The molecule has 0 radical (unpaired) electrons. The van der Waals surface area contributed by atoms with Crippen molar-refractivity contribution in [2.75, 3.05) is 7.11 Å². The molecule has 0 aliphatic carbocycles. The molecule has 0 fully saturated rings. The van der Waals surface area contributed by atoms with E-state index in [2.05, 4.69) is 5.10 Å². The monoisotopic (exact) mass is 246 g/mol. The van der Waals surface area contributed by atoms with Crippen LogP contribution in [0.3, 0.4) is 0 Å². The van der Waals surface area contributed by atoms with Crippen molar-refractivity contribution >= 4 is 5.97 Å². The lowest BCUT2D eigenvalue weighted by molar-refractivity contribution is -0.136. The number of hydrogen-bond acceptors (Lipinski definition) is 3. The van der Waals surface area contributed by atoms with Gasteiger partial charge >= 0.3 is 5.97 Å². The van der Waals surface area contributed by atoms with Gasteiger partial charge in [-0.1, -0.05) is 12.1 Å². The Morgan fingerprint density at radius 2 is 2.17 bits per heavy atom. The second-order valence-electron chi connectivity index (χ2n) is 3.92.